The zero-order chi connectivity index (χ0) is 17.6. The van der Waals surface area contributed by atoms with Gasteiger partial charge in [0, 0.05) is 12.0 Å². The third kappa shape index (κ3) is 4.63. The lowest BCUT2D eigenvalue weighted by atomic mass is 10.1. The van der Waals surface area contributed by atoms with E-state index in [1.165, 1.54) is 25.8 Å². The van der Waals surface area contributed by atoms with Crippen molar-refractivity contribution in [3.8, 4) is 0 Å². The van der Waals surface area contributed by atoms with E-state index in [4.69, 9.17) is 0 Å². The zero-order valence-corrected chi connectivity index (χ0v) is 16.5. The third-order valence-electron chi connectivity index (χ3n) is 4.39. The molecule has 0 N–H and O–H groups in total. The van der Waals surface area contributed by atoms with Crippen molar-refractivity contribution in [2.45, 2.75) is 21.1 Å². The van der Waals surface area contributed by atoms with Gasteiger partial charge in [-0.15, -0.1) is 0 Å². The van der Waals surface area contributed by atoms with Crippen LogP contribution in [0, 0.1) is 0 Å². The molecule has 0 radical (unpaired) electrons. The van der Waals surface area contributed by atoms with Crippen molar-refractivity contribution in [2.24, 2.45) is 0 Å². The first kappa shape index (κ1) is 19.3. The minimum atomic E-state index is -0.0998. The molecule has 0 heterocycles. The summed E-state index contributed by atoms with van der Waals surface area (Å²) in [7, 11) is -0.0998. The molecular weight excluding hydrogens is 368 g/mol. The maximum Gasteiger partial charge on any atom is 0.170 e. The molecule has 0 saturated carbocycles. The summed E-state index contributed by atoms with van der Waals surface area (Å²) in [5.41, 5.74) is 2.75. The van der Waals surface area contributed by atoms with Gasteiger partial charge in [0.25, 0.3) is 0 Å². The molecule has 0 fully saturated rings. The third-order valence-corrected chi connectivity index (χ3v) is 6.71. The molecule has 0 unspecified atom stereocenters. The van der Waals surface area contributed by atoms with Gasteiger partial charge < -0.3 is 12.4 Å². The molecule has 134 valence electrons. The Morgan fingerprint density at radius 2 is 0.926 bits per heavy atom. The molecule has 4 rings (SSSR count). The Labute approximate surface area is 170 Å². The van der Waals surface area contributed by atoms with Gasteiger partial charge >= 0.3 is 0 Å². The number of hydrogen-bond acceptors (Lipinski definition) is 0. The predicted molar refractivity (Wildman–Crippen MR) is 111 cm³/mol. The second-order valence-corrected chi connectivity index (χ2v) is 8.20. The van der Waals surface area contributed by atoms with Crippen LogP contribution in [0.2, 0.25) is 0 Å². The van der Waals surface area contributed by atoms with Gasteiger partial charge in [0.1, 0.15) is 0 Å². The molecule has 4 aromatic carbocycles. The van der Waals surface area contributed by atoms with Gasteiger partial charge in [-0.25, -0.2) is 0 Å². The average molecular weight is 389 g/mol. The highest BCUT2D eigenvalue weighted by Crippen LogP contribution is 2.33. The summed E-state index contributed by atoms with van der Waals surface area (Å²) in [4.78, 5) is 4.13. The lowest BCUT2D eigenvalue weighted by molar-refractivity contribution is -0.00000511. The van der Waals surface area contributed by atoms with Crippen molar-refractivity contribution in [3.63, 3.8) is 0 Å². The fourth-order valence-corrected chi connectivity index (χ4v) is 5.42. The van der Waals surface area contributed by atoms with Gasteiger partial charge in [-0.3, -0.25) is 0 Å². The van der Waals surface area contributed by atoms with Crippen LogP contribution in [0.3, 0.4) is 0 Å². The number of rotatable bonds is 5. The Morgan fingerprint density at radius 3 is 1.48 bits per heavy atom. The molecule has 0 bridgehead atoms. The van der Waals surface area contributed by atoms with Crippen LogP contribution in [0.5, 0.6) is 0 Å². The molecular formula is C25H21ClS. The minimum absolute atomic E-state index is 0. The monoisotopic (exact) mass is 388 g/mol. The number of halogens is 1. The van der Waals surface area contributed by atoms with Gasteiger partial charge in [0.2, 0.25) is 0 Å². The van der Waals surface area contributed by atoms with Crippen molar-refractivity contribution < 1.29 is 12.4 Å². The summed E-state index contributed by atoms with van der Waals surface area (Å²) in [6.07, 6.45) is 0.959. The molecule has 0 nitrogen and oxygen atoms in total. The van der Waals surface area contributed by atoms with E-state index in [-0.39, 0.29) is 23.3 Å². The van der Waals surface area contributed by atoms with Gasteiger partial charge in [0.15, 0.2) is 14.7 Å². The Bertz CT molecular complexity index is 913. The van der Waals surface area contributed by atoms with Crippen LogP contribution < -0.4 is 12.4 Å². The topological polar surface area (TPSA) is 0 Å². The Balaban J connectivity index is 0.00000210. The normalized spacial score (nSPS) is 10.4. The van der Waals surface area contributed by atoms with E-state index in [0.717, 1.165) is 6.42 Å². The Morgan fingerprint density at radius 1 is 0.481 bits per heavy atom. The molecule has 0 amide bonds. The molecule has 0 aliphatic heterocycles. The van der Waals surface area contributed by atoms with Crippen LogP contribution >= 0.6 is 0 Å². The molecule has 27 heavy (non-hydrogen) atoms. The van der Waals surface area contributed by atoms with E-state index < -0.39 is 0 Å². The number of hydrogen-bond donors (Lipinski definition) is 0. The summed E-state index contributed by atoms with van der Waals surface area (Å²) in [5, 5.41) is 0. The molecule has 4 aromatic rings. The van der Waals surface area contributed by atoms with Gasteiger partial charge in [-0.2, -0.15) is 0 Å². The van der Waals surface area contributed by atoms with E-state index in [1.807, 2.05) is 0 Å². The van der Waals surface area contributed by atoms with Crippen molar-refractivity contribution in [1.29, 1.82) is 0 Å². The maximum atomic E-state index is 2.29. The summed E-state index contributed by atoms with van der Waals surface area (Å²) >= 11 is 0. The maximum absolute atomic E-state index is 2.29. The van der Waals surface area contributed by atoms with Crippen molar-refractivity contribution >= 4 is 10.9 Å². The van der Waals surface area contributed by atoms with E-state index in [0.29, 0.717) is 0 Å². The SMILES string of the molecule is [Cl-].c1ccc(Cc2ccccc2[S+](c2ccccc2)c2ccccc2)cc1. The van der Waals surface area contributed by atoms with Crippen LogP contribution in [0.1, 0.15) is 11.1 Å². The summed E-state index contributed by atoms with van der Waals surface area (Å²) in [6.45, 7) is 0. The van der Waals surface area contributed by atoms with Crippen molar-refractivity contribution in [2.75, 3.05) is 0 Å². The first-order valence-electron chi connectivity index (χ1n) is 8.88. The fourth-order valence-electron chi connectivity index (χ4n) is 3.17. The molecule has 2 heteroatoms. The Hall–Kier alpha value is -2.48. The van der Waals surface area contributed by atoms with Crippen molar-refractivity contribution in [1.82, 2.24) is 0 Å². The van der Waals surface area contributed by atoms with Crippen LogP contribution in [-0.2, 0) is 17.3 Å². The predicted octanol–water partition coefficient (Wildman–Crippen LogP) is 3.38. The van der Waals surface area contributed by atoms with E-state index in [9.17, 15) is 0 Å². The highest BCUT2D eigenvalue weighted by Gasteiger charge is 2.30. The minimum Gasteiger partial charge on any atom is -1.00 e. The molecule has 0 aliphatic rings. The molecule has 0 aliphatic carbocycles. The summed E-state index contributed by atoms with van der Waals surface area (Å²) in [5.74, 6) is 0. The lowest BCUT2D eigenvalue weighted by Crippen LogP contribution is -3.00. The van der Waals surface area contributed by atoms with E-state index in [1.54, 1.807) is 0 Å². The molecule has 0 aromatic heterocycles. The number of benzene rings is 4. The van der Waals surface area contributed by atoms with Crippen LogP contribution in [-0.4, -0.2) is 0 Å². The zero-order valence-electron chi connectivity index (χ0n) is 15.0. The first-order valence-corrected chi connectivity index (χ1v) is 10.1. The summed E-state index contributed by atoms with van der Waals surface area (Å²) in [6, 6.07) is 41.3. The lowest BCUT2D eigenvalue weighted by Gasteiger charge is -2.12. The average Bonchev–Trinajstić information content (AvgIpc) is 2.72. The highest BCUT2D eigenvalue weighted by atomic mass is 35.5. The van der Waals surface area contributed by atoms with Crippen molar-refractivity contribution in [3.05, 3.63) is 126 Å². The van der Waals surface area contributed by atoms with E-state index in [2.05, 4.69) is 115 Å². The highest BCUT2D eigenvalue weighted by molar-refractivity contribution is 7.97. The second kappa shape index (κ2) is 9.45. The standard InChI is InChI=1S/C25H21S.ClH/c1-4-12-21(13-5-1)20-22-14-10-11-19-25(22)26(23-15-6-2-7-16-23)24-17-8-3-9-18-24;/h1-19H,20H2;1H/q+1;/p-1. The van der Waals surface area contributed by atoms with Crippen LogP contribution in [0.4, 0.5) is 0 Å². The van der Waals surface area contributed by atoms with Crippen LogP contribution in [0.15, 0.2) is 130 Å². The molecule has 0 atom stereocenters. The van der Waals surface area contributed by atoms with Gasteiger partial charge in [-0.1, -0.05) is 84.9 Å². The summed E-state index contributed by atoms with van der Waals surface area (Å²) < 4.78 is 0. The smallest absolute Gasteiger partial charge is 0.170 e. The molecule has 0 spiro atoms. The molecule has 0 saturated heterocycles. The Kier molecular flexibility index (Phi) is 6.75. The largest absolute Gasteiger partial charge is 1.00 e. The van der Waals surface area contributed by atoms with E-state index >= 15 is 0 Å². The van der Waals surface area contributed by atoms with Gasteiger partial charge in [0.05, 0.1) is 10.9 Å². The second-order valence-electron chi connectivity index (χ2n) is 6.20. The van der Waals surface area contributed by atoms with Gasteiger partial charge in [-0.05, 0) is 35.9 Å². The van der Waals surface area contributed by atoms with Crippen LogP contribution in [0.25, 0.3) is 0 Å². The quantitative estimate of drug-likeness (QED) is 0.460. The fraction of sp³-hybridized carbons (Fsp3) is 0.0400. The first-order chi connectivity index (χ1) is 12.9.